The summed E-state index contributed by atoms with van der Waals surface area (Å²) in [6.07, 6.45) is 8.59. The Bertz CT molecular complexity index is 3580. The first-order valence-corrected chi connectivity index (χ1v) is 29.7. The molecular formula is C70H74N2O6S. The van der Waals surface area contributed by atoms with Crippen molar-refractivity contribution < 1.29 is 28.4 Å². The van der Waals surface area contributed by atoms with E-state index in [0.29, 0.717) is 13.2 Å². The summed E-state index contributed by atoms with van der Waals surface area (Å²) in [6.45, 7) is 13.7. The lowest BCUT2D eigenvalue weighted by Crippen LogP contribution is -2.45. The van der Waals surface area contributed by atoms with Crippen LogP contribution in [0.1, 0.15) is 76.3 Å². The van der Waals surface area contributed by atoms with Gasteiger partial charge < -0.3 is 38.2 Å². The number of para-hydroxylation sites is 1. The molecule has 406 valence electrons. The molecule has 0 aliphatic carbocycles. The van der Waals surface area contributed by atoms with E-state index < -0.39 is 0 Å². The van der Waals surface area contributed by atoms with Gasteiger partial charge in [-0.15, -0.1) is 11.3 Å². The van der Waals surface area contributed by atoms with Gasteiger partial charge in [-0.05, 0) is 157 Å². The highest BCUT2D eigenvalue weighted by Gasteiger charge is 2.38. The minimum Gasteiger partial charge on any atom is -0.381 e. The predicted molar refractivity (Wildman–Crippen MR) is 328 cm³/mol. The molecule has 79 heavy (non-hydrogen) atoms. The van der Waals surface area contributed by atoms with Crippen molar-refractivity contribution in [1.82, 2.24) is 0 Å². The van der Waals surface area contributed by atoms with Gasteiger partial charge in [0.15, 0.2) is 0 Å². The Balaban J connectivity index is 0.796. The molecule has 10 aromatic rings. The highest BCUT2D eigenvalue weighted by molar-refractivity contribution is 7.25. The van der Waals surface area contributed by atoms with E-state index in [0.717, 1.165) is 163 Å². The largest absolute Gasteiger partial charge is 0.381 e. The lowest BCUT2D eigenvalue weighted by Gasteiger charge is -2.40. The van der Waals surface area contributed by atoms with Crippen LogP contribution in [0.15, 0.2) is 170 Å². The molecule has 2 fully saturated rings. The molecule has 8 nitrogen and oxygen atoms in total. The van der Waals surface area contributed by atoms with Crippen molar-refractivity contribution in [2.45, 2.75) is 78.4 Å². The number of ether oxygens (including phenoxy) is 6. The number of hydrogen-bond donors (Lipinski definition) is 0. The van der Waals surface area contributed by atoms with E-state index in [-0.39, 0.29) is 10.8 Å². The van der Waals surface area contributed by atoms with E-state index in [2.05, 4.69) is 194 Å². The summed E-state index contributed by atoms with van der Waals surface area (Å²) in [5.41, 5.74) is 9.52. The van der Waals surface area contributed by atoms with Crippen molar-refractivity contribution in [2.24, 2.45) is 10.8 Å². The summed E-state index contributed by atoms with van der Waals surface area (Å²) >= 11 is 1.86. The van der Waals surface area contributed by atoms with Crippen LogP contribution >= 0.6 is 11.3 Å². The van der Waals surface area contributed by atoms with Gasteiger partial charge in [0.2, 0.25) is 0 Å². The highest BCUT2D eigenvalue weighted by Crippen LogP contribution is 2.48. The van der Waals surface area contributed by atoms with Crippen LogP contribution < -0.4 is 9.80 Å². The number of rotatable bonds is 28. The third-order valence-corrected chi connectivity index (χ3v) is 17.9. The summed E-state index contributed by atoms with van der Waals surface area (Å²) in [5, 5.41) is 9.93. The average Bonchev–Trinajstić information content (AvgIpc) is 3.97. The number of benzene rings is 9. The lowest BCUT2D eigenvalue weighted by atomic mass is 9.84. The fourth-order valence-electron chi connectivity index (χ4n) is 11.6. The van der Waals surface area contributed by atoms with Crippen LogP contribution in [0.2, 0.25) is 0 Å². The van der Waals surface area contributed by atoms with Gasteiger partial charge in [0.25, 0.3) is 0 Å². The molecule has 2 aliphatic rings. The van der Waals surface area contributed by atoms with Crippen LogP contribution in [0.3, 0.4) is 0 Å². The van der Waals surface area contributed by atoms with Crippen molar-refractivity contribution in [3.05, 3.63) is 181 Å². The Kier molecular flexibility index (Phi) is 16.5. The zero-order valence-corrected chi connectivity index (χ0v) is 46.9. The van der Waals surface area contributed by atoms with Crippen LogP contribution in [0.5, 0.6) is 0 Å². The summed E-state index contributed by atoms with van der Waals surface area (Å²) in [6, 6.07) is 62.9. The SMILES string of the molecule is CCC1(COCCCCCOCc2ccc(N(c3ccccc3)c3ccc4ccc5c(N(c6ccc(COCCCCCOCC7(CC)COC7)cc6)c6ccc7sc8ccccc8c7c6)ccc6ccc3c4c65)cc2)COC1. The van der Waals surface area contributed by atoms with Crippen molar-refractivity contribution in [3.8, 4) is 0 Å². The smallest absolute Gasteiger partial charge is 0.0716 e. The molecule has 0 spiro atoms. The second-order valence-electron chi connectivity index (χ2n) is 22.2. The summed E-state index contributed by atoms with van der Waals surface area (Å²) in [5.74, 6) is 0. The number of thiophene rings is 1. The van der Waals surface area contributed by atoms with Crippen LogP contribution in [-0.2, 0) is 41.6 Å². The molecule has 0 radical (unpaired) electrons. The number of nitrogens with zero attached hydrogens (tertiary/aromatic N) is 2. The molecule has 1 aromatic heterocycles. The molecule has 9 aromatic carbocycles. The van der Waals surface area contributed by atoms with Gasteiger partial charge in [0, 0.05) is 91.0 Å². The zero-order valence-electron chi connectivity index (χ0n) is 46.1. The van der Waals surface area contributed by atoms with E-state index in [1.807, 2.05) is 11.3 Å². The second-order valence-corrected chi connectivity index (χ2v) is 23.3. The van der Waals surface area contributed by atoms with Gasteiger partial charge >= 0.3 is 0 Å². The fraction of sp³-hybridized carbons (Fsp3) is 0.343. The van der Waals surface area contributed by atoms with Gasteiger partial charge in [-0.3, -0.25) is 0 Å². The first-order valence-electron chi connectivity index (χ1n) is 28.9. The van der Waals surface area contributed by atoms with Crippen LogP contribution in [-0.4, -0.2) is 66.1 Å². The molecule has 0 amide bonds. The molecular weight excluding hydrogens is 997 g/mol. The maximum atomic E-state index is 6.25. The van der Waals surface area contributed by atoms with Crippen LogP contribution in [0, 0.1) is 10.8 Å². The molecule has 12 rings (SSSR count). The van der Waals surface area contributed by atoms with Crippen molar-refractivity contribution in [2.75, 3.05) is 75.9 Å². The van der Waals surface area contributed by atoms with Gasteiger partial charge in [-0.1, -0.05) is 111 Å². The van der Waals surface area contributed by atoms with Gasteiger partial charge in [0.1, 0.15) is 0 Å². The summed E-state index contributed by atoms with van der Waals surface area (Å²) in [4.78, 5) is 4.86. The quantitative estimate of drug-likeness (QED) is 0.0355. The minimum atomic E-state index is 0.245. The Morgan fingerprint density at radius 2 is 0.848 bits per heavy atom. The number of anilines is 6. The Hall–Kier alpha value is -6.40. The predicted octanol–water partition coefficient (Wildman–Crippen LogP) is 18.2. The maximum Gasteiger partial charge on any atom is 0.0716 e. The van der Waals surface area contributed by atoms with Gasteiger partial charge in [-0.2, -0.15) is 0 Å². The Labute approximate surface area is 470 Å². The number of fused-ring (bicyclic) bond motifs is 3. The molecule has 0 unspecified atom stereocenters. The third kappa shape index (κ3) is 11.5. The molecule has 9 heteroatoms. The second kappa shape index (κ2) is 24.5. The topological polar surface area (TPSA) is 61.9 Å². The zero-order chi connectivity index (χ0) is 53.4. The maximum absolute atomic E-state index is 6.25. The van der Waals surface area contributed by atoms with E-state index in [4.69, 9.17) is 28.4 Å². The van der Waals surface area contributed by atoms with E-state index >= 15 is 0 Å². The van der Waals surface area contributed by atoms with Crippen LogP contribution in [0.25, 0.3) is 52.5 Å². The number of hydrogen-bond acceptors (Lipinski definition) is 9. The van der Waals surface area contributed by atoms with Gasteiger partial charge in [-0.25, -0.2) is 0 Å². The monoisotopic (exact) mass is 1070 g/mol. The van der Waals surface area contributed by atoms with Crippen molar-refractivity contribution >= 4 is 98.0 Å². The van der Waals surface area contributed by atoms with E-state index in [1.165, 1.54) is 52.5 Å². The molecule has 2 aliphatic heterocycles. The van der Waals surface area contributed by atoms with E-state index in [1.54, 1.807) is 0 Å². The minimum absolute atomic E-state index is 0.245. The molecule has 3 heterocycles. The lowest BCUT2D eigenvalue weighted by molar-refractivity contribution is -0.150. The van der Waals surface area contributed by atoms with Crippen LogP contribution in [0.4, 0.5) is 34.1 Å². The van der Waals surface area contributed by atoms with Crippen molar-refractivity contribution in [1.29, 1.82) is 0 Å². The van der Waals surface area contributed by atoms with Gasteiger partial charge in [0.05, 0.1) is 64.2 Å². The van der Waals surface area contributed by atoms with Crippen molar-refractivity contribution in [3.63, 3.8) is 0 Å². The summed E-state index contributed by atoms with van der Waals surface area (Å²) < 4.78 is 38.0. The standard InChI is InChI=1S/C70H74N2O6S/c1-3-69(47-77-48-69)45-75-40-14-6-12-38-73-43-51-20-28-56(29-21-51)71(55-16-8-5-9-17-55)63-35-26-53-25-34-61-64(36-27-54-24-33-60(63)67(53)68(54)61)72(58-32-37-66-62(42-58)59-18-10-11-19-65(59)79-66)57-30-22-52(23-31-57)44-74-39-13-7-15-41-76-46-70(4-2)49-78-50-70/h5,8-11,16-37,42H,3-4,6-7,12-15,38-41,43-50H2,1-2H3. The van der Waals surface area contributed by atoms with E-state index in [9.17, 15) is 0 Å². The number of unbranched alkanes of at least 4 members (excludes halogenated alkanes) is 4. The first kappa shape index (κ1) is 53.3. The molecule has 0 saturated carbocycles. The fourth-order valence-corrected chi connectivity index (χ4v) is 12.7. The summed E-state index contributed by atoms with van der Waals surface area (Å²) in [7, 11) is 0. The Morgan fingerprint density at radius 1 is 0.405 bits per heavy atom. The molecule has 0 atom stereocenters. The highest BCUT2D eigenvalue weighted by atomic mass is 32.1. The third-order valence-electron chi connectivity index (χ3n) is 16.8. The normalized spacial score (nSPS) is 14.9. The first-order chi connectivity index (χ1) is 39.0. The average molecular weight is 1070 g/mol. The Morgan fingerprint density at radius 3 is 1.35 bits per heavy atom. The molecule has 2 saturated heterocycles. The molecule has 0 N–H and O–H groups in total. The molecule has 0 bridgehead atoms.